The number of ether oxygens (including phenoxy) is 4. The quantitative estimate of drug-likeness (QED) is 0.287. The van der Waals surface area contributed by atoms with E-state index in [1.807, 2.05) is 12.1 Å². The van der Waals surface area contributed by atoms with Gasteiger partial charge >= 0.3 is 12.1 Å². The number of nitrogens with zero attached hydrogens (tertiary/aromatic N) is 1. The van der Waals surface area contributed by atoms with Gasteiger partial charge in [0.15, 0.2) is 6.10 Å². The molecule has 0 aliphatic heterocycles. The predicted octanol–water partition coefficient (Wildman–Crippen LogP) is 5.18. The minimum atomic E-state index is -0.985. The topological polar surface area (TPSA) is 94.5 Å². The Labute approximate surface area is 215 Å². The molecule has 0 bridgehead atoms. The summed E-state index contributed by atoms with van der Waals surface area (Å²) in [7, 11) is 0. The Bertz CT molecular complexity index is 890. The van der Waals surface area contributed by atoms with Crippen LogP contribution in [0.5, 0.6) is 11.5 Å². The van der Waals surface area contributed by atoms with Gasteiger partial charge in [-0.1, -0.05) is 41.4 Å². The fourth-order valence-corrected chi connectivity index (χ4v) is 3.38. The van der Waals surface area contributed by atoms with E-state index in [0.29, 0.717) is 44.4 Å². The SMILES string of the molecule is CCCCOCCN(CCOc1ccc(CC(OCC)C(=O)O)cc1)C(=O)Oc1ccc(Br)cc1. The van der Waals surface area contributed by atoms with Crippen LogP contribution >= 0.6 is 15.9 Å². The first kappa shape index (κ1) is 28.6. The van der Waals surface area contributed by atoms with E-state index in [4.69, 9.17) is 18.9 Å². The third-order valence-electron chi connectivity index (χ3n) is 5.04. The summed E-state index contributed by atoms with van der Waals surface area (Å²) in [6.07, 6.45) is 0.944. The summed E-state index contributed by atoms with van der Waals surface area (Å²) < 4.78 is 23.1. The smallest absolute Gasteiger partial charge is 0.415 e. The molecule has 1 atom stereocenters. The molecule has 2 aromatic rings. The third-order valence-corrected chi connectivity index (χ3v) is 5.57. The Morgan fingerprint density at radius 2 is 1.60 bits per heavy atom. The van der Waals surface area contributed by atoms with Crippen LogP contribution in [0.2, 0.25) is 0 Å². The van der Waals surface area contributed by atoms with E-state index in [2.05, 4.69) is 22.9 Å². The zero-order chi connectivity index (χ0) is 25.5. The van der Waals surface area contributed by atoms with Crippen molar-refractivity contribution in [1.29, 1.82) is 0 Å². The van der Waals surface area contributed by atoms with E-state index in [1.54, 1.807) is 48.2 Å². The maximum absolute atomic E-state index is 12.7. The van der Waals surface area contributed by atoms with Gasteiger partial charge in [0.2, 0.25) is 0 Å². The largest absolute Gasteiger partial charge is 0.492 e. The maximum Gasteiger partial charge on any atom is 0.415 e. The summed E-state index contributed by atoms with van der Waals surface area (Å²) in [6.45, 7) is 6.23. The molecule has 0 aliphatic rings. The highest BCUT2D eigenvalue weighted by Gasteiger charge is 2.18. The van der Waals surface area contributed by atoms with Crippen LogP contribution in [-0.4, -0.2) is 67.7 Å². The highest BCUT2D eigenvalue weighted by Crippen LogP contribution is 2.18. The lowest BCUT2D eigenvalue weighted by atomic mass is 10.1. The number of amides is 1. The molecule has 8 nitrogen and oxygen atoms in total. The second-order valence-corrected chi connectivity index (χ2v) is 8.67. The lowest BCUT2D eigenvalue weighted by Gasteiger charge is -2.22. The number of rotatable bonds is 16. The molecule has 35 heavy (non-hydrogen) atoms. The Morgan fingerprint density at radius 3 is 2.23 bits per heavy atom. The van der Waals surface area contributed by atoms with Crippen molar-refractivity contribution < 1.29 is 33.6 Å². The predicted molar refractivity (Wildman–Crippen MR) is 136 cm³/mol. The van der Waals surface area contributed by atoms with Crippen molar-refractivity contribution in [3.63, 3.8) is 0 Å². The summed E-state index contributed by atoms with van der Waals surface area (Å²) in [4.78, 5) is 25.6. The zero-order valence-corrected chi connectivity index (χ0v) is 21.9. The van der Waals surface area contributed by atoms with Crippen molar-refractivity contribution >= 4 is 28.0 Å². The molecule has 0 aliphatic carbocycles. The van der Waals surface area contributed by atoms with Crippen molar-refractivity contribution in [3.05, 3.63) is 58.6 Å². The normalized spacial score (nSPS) is 11.6. The highest BCUT2D eigenvalue weighted by molar-refractivity contribution is 9.10. The highest BCUT2D eigenvalue weighted by atomic mass is 79.9. The van der Waals surface area contributed by atoms with Gasteiger partial charge in [-0.3, -0.25) is 0 Å². The summed E-state index contributed by atoms with van der Waals surface area (Å²) in [6, 6.07) is 14.2. The first-order valence-electron chi connectivity index (χ1n) is 11.8. The van der Waals surface area contributed by atoms with Gasteiger partial charge in [-0.15, -0.1) is 0 Å². The average Bonchev–Trinajstić information content (AvgIpc) is 2.84. The number of hydrogen-bond donors (Lipinski definition) is 1. The summed E-state index contributed by atoms with van der Waals surface area (Å²) >= 11 is 3.36. The molecule has 0 saturated heterocycles. The lowest BCUT2D eigenvalue weighted by molar-refractivity contribution is -0.149. The van der Waals surface area contributed by atoms with E-state index in [9.17, 15) is 14.7 Å². The van der Waals surface area contributed by atoms with Crippen molar-refractivity contribution in [2.45, 2.75) is 39.2 Å². The Balaban J connectivity index is 1.89. The fraction of sp³-hybridized carbons (Fsp3) is 0.462. The molecule has 2 aromatic carbocycles. The van der Waals surface area contributed by atoms with Crippen molar-refractivity contribution in [2.75, 3.05) is 39.5 Å². The molecule has 1 unspecified atom stereocenters. The van der Waals surface area contributed by atoms with Crippen molar-refractivity contribution in [1.82, 2.24) is 4.90 Å². The standard InChI is InChI=1S/C26H34BrNO7/c1-3-5-16-32-17-14-28(26(31)35-23-12-8-21(27)9-13-23)15-18-34-22-10-6-20(7-11-22)19-24(25(29)30)33-4-2/h6-13,24H,3-5,14-19H2,1-2H3,(H,29,30). The molecular weight excluding hydrogens is 518 g/mol. The molecule has 0 heterocycles. The lowest BCUT2D eigenvalue weighted by Crippen LogP contribution is -2.39. The van der Waals surface area contributed by atoms with E-state index in [1.165, 1.54) is 0 Å². The van der Waals surface area contributed by atoms with Crippen molar-refractivity contribution in [2.24, 2.45) is 0 Å². The molecule has 9 heteroatoms. The van der Waals surface area contributed by atoms with Crippen LogP contribution in [0.3, 0.4) is 0 Å². The second kappa shape index (κ2) is 16.1. The van der Waals surface area contributed by atoms with Gasteiger partial charge < -0.3 is 29.0 Å². The molecule has 2 rings (SSSR count). The fourth-order valence-electron chi connectivity index (χ4n) is 3.11. The molecule has 1 amide bonds. The van der Waals surface area contributed by atoms with Gasteiger partial charge in [-0.2, -0.15) is 0 Å². The molecule has 1 N–H and O–H groups in total. The third kappa shape index (κ3) is 11.1. The van der Waals surface area contributed by atoms with Crippen LogP contribution in [-0.2, 0) is 20.7 Å². The summed E-state index contributed by atoms with van der Waals surface area (Å²) in [5.41, 5.74) is 0.835. The van der Waals surface area contributed by atoms with Crippen molar-refractivity contribution in [3.8, 4) is 11.5 Å². The van der Waals surface area contributed by atoms with E-state index < -0.39 is 18.2 Å². The van der Waals surface area contributed by atoms with E-state index in [-0.39, 0.29) is 13.0 Å². The molecule has 192 valence electrons. The number of carboxylic acid groups (broad SMARTS) is 1. The first-order chi connectivity index (χ1) is 16.9. The number of carbonyl (C=O) groups excluding carboxylic acids is 1. The van der Waals surface area contributed by atoms with E-state index >= 15 is 0 Å². The minimum Gasteiger partial charge on any atom is -0.492 e. The molecule has 0 fully saturated rings. The molecule has 0 radical (unpaired) electrons. The van der Waals surface area contributed by atoms with Gasteiger partial charge in [0, 0.05) is 30.7 Å². The maximum atomic E-state index is 12.7. The van der Waals surface area contributed by atoms with Gasteiger partial charge in [0.1, 0.15) is 18.1 Å². The van der Waals surface area contributed by atoms with Crippen LogP contribution in [0.25, 0.3) is 0 Å². The van der Waals surface area contributed by atoms with Gasteiger partial charge in [0.05, 0.1) is 13.2 Å². The van der Waals surface area contributed by atoms with Crippen LogP contribution < -0.4 is 9.47 Å². The number of benzene rings is 2. The van der Waals surface area contributed by atoms with Crippen LogP contribution in [0.15, 0.2) is 53.0 Å². The number of carbonyl (C=O) groups is 2. The molecule has 0 saturated carbocycles. The molecule has 0 spiro atoms. The summed E-state index contributed by atoms with van der Waals surface area (Å²) in [5.74, 6) is 0.0942. The number of aliphatic carboxylic acids is 1. The average molecular weight is 552 g/mol. The number of unbranched alkanes of at least 4 members (excludes halogenated alkanes) is 1. The van der Waals surface area contributed by atoms with Crippen LogP contribution in [0.4, 0.5) is 4.79 Å². The van der Waals surface area contributed by atoms with Gasteiger partial charge in [-0.25, -0.2) is 9.59 Å². The Hall–Kier alpha value is -2.62. The summed E-state index contributed by atoms with van der Waals surface area (Å²) in [5, 5.41) is 9.24. The number of carboxylic acids is 1. The van der Waals surface area contributed by atoms with Crippen LogP contribution in [0, 0.1) is 0 Å². The second-order valence-electron chi connectivity index (χ2n) is 7.75. The monoisotopic (exact) mass is 551 g/mol. The first-order valence-corrected chi connectivity index (χ1v) is 12.6. The van der Waals surface area contributed by atoms with Gasteiger partial charge in [0.25, 0.3) is 0 Å². The molecule has 0 aromatic heterocycles. The Morgan fingerprint density at radius 1 is 0.943 bits per heavy atom. The minimum absolute atomic E-state index is 0.264. The number of halogens is 1. The number of hydrogen-bond acceptors (Lipinski definition) is 6. The van der Waals surface area contributed by atoms with E-state index in [0.717, 1.165) is 22.9 Å². The zero-order valence-electron chi connectivity index (χ0n) is 20.3. The van der Waals surface area contributed by atoms with Crippen LogP contribution in [0.1, 0.15) is 32.3 Å². The Kier molecular flexibility index (Phi) is 13.2. The molecular formula is C26H34BrNO7. The van der Waals surface area contributed by atoms with Gasteiger partial charge in [-0.05, 0) is 55.3 Å².